The number of nitrogens with zero attached hydrogens (tertiary/aromatic N) is 1. The van der Waals surface area contributed by atoms with Gasteiger partial charge in [-0.15, -0.1) is 0 Å². The zero-order valence-electron chi connectivity index (χ0n) is 12.3. The topological polar surface area (TPSA) is 79.3 Å². The standard InChI is InChI=1S/C16H22N2O3/c1-12-5-7-16(8-6-12,15(20)21)11-18-14(19)10-13-4-2-3-9-17-13/h2-4,9,12H,5-8,10-11H2,1H3,(H,18,19)(H,20,21). The Balaban J connectivity index is 1.90. The Morgan fingerprint density at radius 3 is 2.67 bits per heavy atom. The summed E-state index contributed by atoms with van der Waals surface area (Å²) in [6.07, 6.45) is 4.91. The average Bonchev–Trinajstić information content (AvgIpc) is 2.48. The molecule has 1 heterocycles. The molecule has 2 N–H and O–H groups in total. The number of carboxylic acid groups (broad SMARTS) is 1. The Labute approximate surface area is 124 Å². The quantitative estimate of drug-likeness (QED) is 0.869. The predicted molar refractivity (Wildman–Crippen MR) is 78.7 cm³/mol. The van der Waals surface area contributed by atoms with E-state index in [-0.39, 0.29) is 18.9 Å². The summed E-state index contributed by atoms with van der Waals surface area (Å²) in [6, 6.07) is 5.41. The molecule has 1 fully saturated rings. The largest absolute Gasteiger partial charge is 0.481 e. The average molecular weight is 290 g/mol. The number of hydrogen-bond donors (Lipinski definition) is 2. The molecule has 21 heavy (non-hydrogen) atoms. The highest BCUT2D eigenvalue weighted by Gasteiger charge is 2.41. The van der Waals surface area contributed by atoms with Gasteiger partial charge in [-0.25, -0.2) is 0 Å². The summed E-state index contributed by atoms with van der Waals surface area (Å²) < 4.78 is 0. The first kappa shape index (κ1) is 15.5. The van der Waals surface area contributed by atoms with E-state index in [4.69, 9.17) is 0 Å². The van der Waals surface area contributed by atoms with Gasteiger partial charge in [0.15, 0.2) is 0 Å². The van der Waals surface area contributed by atoms with Crippen LogP contribution in [0.5, 0.6) is 0 Å². The first-order chi connectivity index (χ1) is 10.0. The first-order valence-electron chi connectivity index (χ1n) is 7.42. The van der Waals surface area contributed by atoms with Gasteiger partial charge in [-0.3, -0.25) is 14.6 Å². The lowest BCUT2D eigenvalue weighted by molar-refractivity contribution is -0.151. The SMILES string of the molecule is CC1CCC(CNC(=O)Cc2ccccn2)(C(=O)O)CC1. The highest BCUT2D eigenvalue weighted by Crippen LogP contribution is 2.38. The highest BCUT2D eigenvalue weighted by molar-refractivity contribution is 5.80. The number of carboxylic acids is 1. The van der Waals surface area contributed by atoms with Gasteiger partial charge in [-0.2, -0.15) is 0 Å². The number of hydrogen-bond acceptors (Lipinski definition) is 3. The van der Waals surface area contributed by atoms with Crippen LogP contribution in [-0.2, 0) is 16.0 Å². The minimum Gasteiger partial charge on any atom is -0.481 e. The number of carbonyl (C=O) groups excluding carboxylic acids is 1. The maximum atomic E-state index is 11.9. The van der Waals surface area contributed by atoms with Crippen molar-refractivity contribution in [3.05, 3.63) is 30.1 Å². The maximum Gasteiger partial charge on any atom is 0.311 e. The van der Waals surface area contributed by atoms with Crippen molar-refractivity contribution in [3.8, 4) is 0 Å². The summed E-state index contributed by atoms with van der Waals surface area (Å²) >= 11 is 0. The fourth-order valence-electron chi connectivity index (χ4n) is 2.78. The summed E-state index contributed by atoms with van der Waals surface area (Å²) in [5, 5.41) is 12.3. The number of carbonyl (C=O) groups is 2. The van der Waals surface area contributed by atoms with Crippen LogP contribution in [0.3, 0.4) is 0 Å². The van der Waals surface area contributed by atoms with Gasteiger partial charge in [0.2, 0.25) is 5.91 Å². The third-order valence-corrected chi connectivity index (χ3v) is 4.38. The zero-order valence-corrected chi connectivity index (χ0v) is 12.3. The van der Waals surface area contributed by atoms with E-state index in [1.54, 1.807) is 18.3 Å². The molecule has 0 unspecified atom stereocenters. The molecule has 1 aromatic rings. The summed E-state index contributed by atoms with van der Waals surface area (Å²) in [5.74, 6) is -0.401. The number of aliphatic carboxylic acids is 1. The van der Waals surface area contributed by atoms with E-state index in [1.807, 2.05) is 6.07 Å². The Morgan fingerprint density at radius 2 is 2.10 bits per heavy atom. The molecule has 0 aliphatic heterocycles. The molecule has 1 aromatic heterocycles. The minimum absolute atomic E-state index is 0.173. The zero-order chi connectivity index (χ0) is 15.3. The Kier molecular flexibility index (Phi) is 4.94. The second kappa shape index (κ2) is 6.70. The third kappa shape index (κ3) is 4.03. The maximum absolute atomic E-state index is 11.9. The lowest BCUT2D eigenvalue weighted by Crippen LogP contribution is -2.45. The van der Waals surface area contributed by atoms with Crippen molar-refractivity contribution >= 4 is 11.9 Å². The Morgan fingerprint density at radius 1 is 1.38 bits per heavy atom. The van der Waals surface area contributed by atoms with Crippen LogP contribution in [0.2, 0.25) is 0 Å². The Bertz CT molecular complexity index is 494. The van der Waals surface area contributed by atoms with Crippen molar-refractivity contribution in [2.75, 3.05) is 6.54 Å². The van der Waals surface area contributed by atoms with E-state index in [0.717, 1.165) is 12.8 Å². The number of nitrogens with one attached hydrogen (secondary N) is 1. The first-order valence-corrected chi connectivity index (χ1v) is 7.42. The van der Waals surface area contributed by atoms with Crippen molar-refractivity contribution < 1.29 is 14.7 Å². The van der Waals surface area contributed by atoms with Crippen LogP contribution in [0.4, 0.5) is 0 Å². The van der Waals surface area contributed by atoms with Crippen molar-refractivity contribution in [1.29, 1.82) is 0 Å². The number of amides is 1. The fraction of sp³-hybridized carbons (Fsp3) is 0.562. The van der Waals surface area contributed by atoms with Crippen molar-refractivity contribution in [3.63, 3.8) is 0 Å². The van der Waals surface area contributed by atoms with E-state index < -0.39 is 11.4 Å². The molecule has 0 aromatic carbocycles. The van der Waals surface area contributed by atoms with Crippen LogP contribution >= 0.6 is 0 Å². The van der Waals surface area contributed by atoms with Crippen LogP contribution in [0.15, 0.2) is 24.4 Å². The van der Waals surface area contributed by atoms with E-state index in [2.05, 4.69) is 17.2 Å². The molecule has 1 aliphatic rings. The molecule has 114 valence electrons. The van der Waals surface area contributed by atoms with Gasteiger partial charge < -0.3 is 10.4 Å². The smallest absolute Gasteiger partial charge is 0.311 e. The normalized spacial score (nSPS) is 25.3. The lowest BCUT2D eigenvalue weighted by atomic mass is 9.71. The van der Waals surface area contributed by atoms with E-state index >= 15 is 0 Å². The number of aromatic nitrogens is 1. The molecule has 5 nitrogen and oxygen atoms in total. The highest BCUT2D eigenvalue weighted by atomic mass is 16.4. The second-order valence-corrected chi connectivity index (χ2v) is 6.04. The van der Waals surface area contributed by atoms with Gasteiger partial charge in [0.05, 0.1) is 11.8 Å². The summed E-state index contributed by atoms with van der Waals surface area (Å²) in [4.78, 5) is 27.6. The lowest BCUT2D eigenvalue weighted by Gasteiger charge is -2.35. The van der Waals surface area contributed by atoms with Crippen molar-refractivity contribution in [1.82, 2.24) is 10.3 Å². The van der Waals surface area contributed by atoms with E-state index in [9.17, 15) is 14.7 Å². The van der Waals surface area contributed by atoms with Gasteiger partial charge in [0.1, 0.15) is 0 Å². The molecule has 0 radical (unpaired) electrons. The van der Waals surface area contributed by atoms with Crippen molar-refractivity contribution in [2.24, 2.45) is 11.3 Å². The van der Waals surface area contributed by atoms with Gasteiger partial charge >= 0.3 is 5.97 Å². The summed E-state index contributed by atoms with van der Waals surface area (Å²) in [7, 11) is 0. The molecule has 1 saturated carbocycles. The third-order valence-electron chi connectivity index (χ3n) is 4.38. The van der Waals surface area contributed by atoms with Gasteiger partial charge in [-0.05, 0) is 43.7 Å². The van der Waals surface area contributed by atoms with Crippen LogP contribution in [0.1, 0.15) is 38.3 Å². The molecule has 0 spiro atoms. The van der Waals surface area contributed by atoms with Crippen molar-refractivity contribution in [2.45, 2.75) is 39.0 Å². The molecular formula is C16H22N2O3. The predicted octanol–water partition coefficient (Wildman–Crippen LogP) is 2.02. The molecular weight excluding hydrogens is 268 g/mol. The summed E-state index contributed by atoms with van der Waals surface area (Å²) in [5.41, 5.74) is -0.108. The molecule has 2 rings (SSSR count). The number of rotatable bonds is 5. The van der Waals surface area contributed by atoms with Gasteiger partial charge in [0, 0.05) is 18.4 Å². The molecule has 1 aliphatic carbocycles. The van der Waals surface area contributed by atoms with Crippen LogP contribution < -0.4 is 5.32 Å². The fourth-order valence-corrected chi connectivity index (χ4v) is 2.78. The second-order valence-electron chi connectivity index (χ2n) is 6.04. The van der Waals surface area contributed by atoms with Crippen LogP contribution in [0, 0.1) is 11.3 Å². The number of pyridine rings is 1. The van der Waals surface area contributed by atoms with Gasteiger partial charge in [0.25, 0.3) is 0 Å². The molecule has 0 atom stereocenters. The molecule has 5 heteroatoms. The Hall–Kier alpha value is -1.91. The van der Waals surface area contributed by atoms with Crippen LogP contribution in [-0.4, -0.2) is 28.5 Å². The summed E-state index contributed by atoms with van der Waals surface area (Å²) in [6.45, 7) is 2.35. The molecule has 1 amide bonds. The molecule has 0 saturated heterocycles. The van der Waals surface area contributed by atoms with Crippen LogP contribution in [0.25, 0.3) is 0 Å². The van der Waals surface area contributed by atoms with Gasteiger partial charge in [-0.1, -0.05) is 13.0 Å². The van der Waals surface area contributed by atoms with E-state index in [1.165, 1.54) is 0 Å². The monoisotopic (exact) mass is 290 g/mol. The van der Waals surface area contributed by atoms with E-state index in [0.29, 0.717) is 24.5 Å². The minimum atomic E-state index is -0.799. The molecule has 0 bridgehead atoms.